The molecule has 2 N–H and O–H groups in total. The Balaban J connectivity index is 1.95. The SMILES string of the molecule is Cc1ccc(C(C)NCC(O)c2ccc(F)cc2)cc1F. The molecule has 0 aliphatic rings. The number of aliphatic hydroxyl groups is 1. The Hall–Kier alpha value is -1.78. The molecule has 0 radical (unpaired) electrons. The highest BCUT2D eigenvalue weighted by Gasteiger charge is 2.11. The molecule has 0 aliphatic heterocycles. The molecule has 2 nitrogen and oxygen atoms in total. The molecule has 0 saturated heterocycles. The monoisotopic (exact) mass is 291 g/mol. The van der Waals surface area contributed by atoms with E-state index in [1.54, 1.807) is 25.1 Å². The molecule has 0 heterocycles. The van der Waals surface area contributed by atoms with Crippen molar-refractivity contribution < 1.29 is 13.9 Å². The molecule has 4 heteroatoms. The van der Waals surface area contributed by atoms with Crippen molar-refractivity contribution in [3.05, 3.63) is 70.8 Å². The predicted molar refractivity (Wildman–Crippen MR) is 78.9 cm³/mol. The van der Waals surface area contributed by atoms with Crippen LogP contribution >= 0.6 is 0 Å². The quantitative estimate of drug-likeness (QED) is 0.881. The first-order chi connectivity index (χ1) is 9.97. The van der Waals surface area contributed by atoms with Crippen LogP contribution in [-0.2, 0) is 0 Å². The molecule has 2 aromatic carbocycles. The highest BCUT2D eigenvalue weighted by Crippen LogP contribution is 2.18. The average molecular weight is 291 g/mol. The normalized spacial score (nSPS) is 14.0. The molecule has 0 fully saturated rings. The van der Waals surface area contributed by atoms with E-state index >= 15 is 0 Å². The van der Waals surface area contributed by atoms with Crippen molar-refractivity contribution in [1.82, 2.24) is 5.32 Å². The van der Waals surface area contributed by atoms with Crippen molar-refractivity contribution in [1.29, 1.82) is 0 Å². The van der Waals surface area contributed by atoms with Gasteiger partial charge >= 0.3 is 0 Å². The maximum absolute atomic E-state index is 13.5. The van der Waals surface area contributed by atoms with Crippen LogP contribution in [0.3, 0.4) is 0 Å². The van der Waals surface area contributed by atoms with Gasteiger partial charge in [-0.3, -0.25) is 0 Å². The lowest BCUT2D eigenvalue weighted by Gasteiger charge is -2.18. The molecule has 21 heavy (non-hydrogen) atoms. The van der Waals surface area contributed by atoms with Gasteiger partial charge in [-0.1, -0.05) is 24.3 Å². The zero-order valence-electron chi connectivity index (χ0n) is 12.1. The lowest BCUT2D eigenvalue weighted by Crippen LogP contribution is -2.24. The maximum Gasteiger partial charge on any atom is 0.126 e. The molecule has 0 aromatic heterocycles. The van der Waals surface area contributed by atoms with Gasteiger partial charge in [-0.05, 0) is 48.7 Å². The van der Waals surface area contributed by atoms with Gasteiger partial charge in [-0.2, -0.15) is 0 Å². The molecule has 2 atom stereocenters. The van der Waals surface area contributed by atoms with E-state index in [9.17, 15) is 13.9 Å². The smallest absolute Gasteiger partial charge is 0.126 e. The minimum absolute atomic E-state index is 0.0878. The van der Waals surface area contributed by atoms with E-state index in [1.165, 1.54) is 18.2 Å². The van der Waals surface area contributed by atoms with Crippen LogP contribution in [0, 0.1) is 18.6 Å². The maximum atomic E-state index is 13.5. The van der Waals surface area contributed by atoms with Gasteiger partial charge in [0.2, 0.25) is 0 Å². The topological polar surface area (TPSA) is 32.3 Å². The molecule has 112 valence electrons. The van der Waals surface area contributed by atoms with Crippen molar-refractivity contribution in [2.75, 3.05) is 6.54 Å². The molecular weight excluding hydrogens is 272 g/mol. The molecule has 0 amide bonds. The van der Waals surface area contributed by atoms with E-state index in [1.807, 2.05) is 13.0 Å². The minimum Gasteiger partial charge on any atom is -0.387 e. The van der Waals surface area contributed by atoms with E-state index in [4.69, 9.17) is 0 Å². The van der Waals surface area contributed by atoms with Crippen molar-refractivity contribution in [3.63, 3.8) is 0 Å². The summed E-state index contributed by atoms with van der Waals surface area (Å²) < 4.78 is 26.4. The van der Waals surface area contributed by atoms with Crippen molar-refractivity contribution in [2.24, 2.45) is 0 Å². The zero-order chi connectivity index (χ0) is 15.4. The van der Waals surface area contributed by atoms with Crippen LogP contribution in [0.15, 0.2) is 42.5 Å². The summed E-state index contributed by atoms with van der Waals surface area (Å²) in [5, 5.41) is 13.2. The van der Waals surface area contributed by atoms with E-state index in [0.717, 1.165) is 5.56 Å². The van der Waals surface area contributed by atoms with Crippen molar-refractivity contribution >= 4 is 0 Å². The number of rotatable bonds is 5. The largest absolute Gasteiger partial charge is 0.387 e. The van der Waals surface area contributed by atoms with Crippen LogP contribution in [0.2, 0.25) is 0 Å². The Kier molecular flexibility index (Phi) is 5.04. The predicted octanol–water partition coefficient (Wildman–Crippen LogP) is 3.66. The average Bonchev–Trinajstić information content (AvgIpc) is 2.48. The molecular formula is C17H19F2NO. The van der Waals surface area contributed by atoms with Gasteiger partial charge < -0.3 is 10.4 Å². The summed E-state index contributed by atoms with van der Waals surface area (Å²) in [4.78, 5) is 0. The Morgan fingerprint density at radius 2 is 1.67 bits per heavy atom. The van der Waals surface area contributed by atoms with Crippen LogP contribution in [-0.4, -0.2) is 11.7 Å². The fraction of sp³-hybridized carbons (Fsp3) is 0.294. The first-order valence-electron chi connectivity index (χ1n) is 6.90. The van der Waals surface area contributed by atoms with Gasteiger partial charge in [0.1, 0.15) is 11.6 Å². The highest BCUT2D eigenvalue weighted by atomic mass is 19.1. The summed E-state index contributed by atoms with van der Waals surface area (Å²) in [5.74, 6) is -0.567. The minimum atomic E-state index is -0.733. The van der Waals surface area contributed by atoms with Crippen LogP contribution in [0.4, 0.5) is 8.78 Å². The fourth-order valence-electron chi connectivity index (χ4n) is 2.09. The van der Waals surface area contributed by atoms with Gasteiger partial charge in [0.25, 0.3) is 0 Å². The number of aryl methyl sites for hydroxylation is 1. The molecule has 0 spiro atoms. The second kappa shape index (κ2) is 6.78. The third-order valence-electron chi connectivity index (χ3n) is 3.57. The van der Waals surface area contributed by atoms with Crippen molar-refractivity contribution in [3.8, 4) is 0 Å². The molecule has 0 aliphatic carbocycles. The van der Waals surface area contributed by atoms with Crippen LogP contribution in [0.5, 0.6) is 0 Å². The Bertz CT molecular complexity index is 598. The van der Waals surface area contributed by atoms with Gasteiger partial charge in [0.15, 0.2) is 0 Å². The van der Waals surface area contributed by atoms with Gasteiger partial charge in [0, 0.05) is 12.6 Å². The number of aliphatic hydroxyl groups excluding tert-OH is 1. The summed E-state index contributed by atoms with van der Waals surface area (Å²) in [7, 11) is 0. The summed E-state index contributed by atoms with van der Waals surface area (Å²) >= 11 is 0. The summed E-state index contributed by atoms with van der Waals surface area (Å²) in [5.41, 5.74) is 2.08. The lowest BCUT2D eigenvalue weighted by molar-refractivity contribution is 0.170. The fourth-order valence-corrected chi connectivity index (χ4v) is 2.09. The summed E-state index contributed by atoms with van der Waals surface area (Å²) in [6.07, 6.45) is -0.733. The standard InChI is InChI=1S/C17H19F2NO/c1-11-3-4-14(9-16(11)19)12(2)20-10-17(21)13-5-7-15(18)8-6-13/h3-9,12,17,20-21H,10H2,1-2H3. The molecule has 2 aromatic rings. The highest BCUT2D eigenvalue weighted by molar-refractivity contribution is 5.25. The van der Waals surface area contributed by atoms with E-state index in [0.29, 0.717) is 17.7 Å². The second-order valence-electron chi connectivity index (χ2n) is 5.21. The molecule has 0 bridgehead atoms. The number of hydrogen-bond donors (Lipinski definition) is 2. The molecule has 2 rings (SSSR count). The Morgan fingerprint density at radius 3 is 2.29 bits per heavy atom. The molecule has 0 saturated carbocycles. The van der Waals surface area contributed by atoms with E-state index in [-0.39, 0.29) is 17.7 Å². The zero-order valence-corrected chi connectivity index (χ0v) is 12.1. The first-order valence-corrected chi connectivity index (χ1v) is 6.90. The third-order valence-corrected chi connectivity index (χ3v) is 3.57. The van der Waals surface area contributed by atoms with Crippen LogP contribution in [0.1, 0.15) is 35.8 Å². The Labute approximate surface area is 123 Å². The van der Waals surface area contributed by atoms with Gasteiger partial charge in [0.05, 0.1) is 6.10 Å². The Morgan fingerprint density at radius 1 is 1.05 bits per heavy atom. The van der Waals surface area contributed by atoms with Gasteiger partial charge in [-0.25, -0.2) is 8.78 Å². The second-order valence-corrected chi connectivity index (χ2v) is 5.21. The number of hydrogen-bond acceptors (Lipinski definition) is 2. The summed E-state index contributed by atoms with van der Waals surface area (Å²) in [6.45, 7) is 3.93. The third kappa shape index (κ3) is 4.09. The van der Waals surface area contributed by atoms with Crippen LogP contribution < -0.4 is 5.32 Å². The van der Waals surface area contributed by atoms with Crippen molar-refractivity contribution in [2.45, 2.75) is 26.0 Å². The summed E-state index contributed by atoms with van der Waals surface area (Å²) in [6, 6.07) is 10.7. The van der Waals surface area contributed by atoms with Crippen LogP contribution in [0.25, 0.3) is 0 Å². The van der Waals surface area contributed by atoms with E-state index < -0.39 is 6.10 Å². The molecule has 2 unspecified atom stereocenters. The van der Waals surface area contributed by atoms with Gasteiger partial charge in [-0.15, -0.1) is 0 Å². The number of nitrogens with one attached hydrogen (secondary N) is 1. The van der Waals surface area contributed by atoms with E-state index in [2.05, 4.69) is 5.32 Å². The first kappa shape index (κ1) is 15.6. The lowest BCUT2D eigenvalue weighted by atomic mass is 10.0. The number of halogens is 2. The number of benzene rings is 2.